The van der Waals surface area contributed by atoms with Crippen LogP contribution >= 0.6 is 0 Å². The Kier molecular flexibility index (Phi) is 5.75. The molecule has 0 aliphatic rings. The molecule has 2 heteroatoms. The number of unbranched alkanes of at least 4 members (excludes halogenated alkanes) is 1. The van der Waals surface area contributed by atoms with Gasteiger partial charge in [-0.1, -0.05) is 39.3 Å². The summed E-state index contributed by atoms with van der Waals surface area (Å²) in [5.74, 6) is 0.697. The van der Waals surface area contributed by atoms with Gasteiger partial charge >= 0.3 is 0 Å². The van der Waals surface area contributed by atoms with Crippen molar-refractivity contribution in [2.24, 2.45) is 0 Å². The van der Waals surface area contributed by atoms with Gasteiger partial charge in [0.25, 0.3) is 0 Å². The molecule has 0 aliphatic carbocycles. The monoisotopic (exact) mass is 233 g/mol. The standard InChI is InChI=1S/C15H23NO/c1-4-6-7-15(17)16-14-10-8-13(9-11-14)12(3)5-2/h8-12H,4-7H2,1-3H3,(H,16,17). The van der Waals surface area contributed by atoms with Crippen LogP contribution in [-0.2, 0) is 4.79 Å². The van der Waals surface area contributed by atoms with E-state index in [4.69, 9.17) is 0 Å². The maximum Gasteiger partial charge on any atom is 0.224 e. The van der Waals surface area contributed by atoms with E-state index >= 15 is 0 Å². The van der Waals surface area contributed by atoms with E-state index in [0.717, 1.165) is 24.9 Å². The molecule has 1 atom stereocenters. The number of amides is 1. The summed E-state index contributed by atoms with van der Waals surface area (Å²) in [6, 6.07) is 8.18. The van der Waals surface area contributed by atoms with Crippen molar-refractivity contribution in [2.75, 3.05) is 5.32 Å². The second-order valence-electron chi connectivity index (χ2n) is 4.58. The van der Waals surface area contributed by atoms with Crippen LogP contribution in [0.5, 0.6) is 0 Å². The molecule has 1 amide bonds. The van der Waals surface area contributed by atoms with Gasteiger partial charge in [0.05, 0.1) is 0 Å². The average molecular weight is 233 g/mol. The van der Waals surface area contributed by atoms with Gasteiger partial charge < -0.3 is 5.32 Å². The van der Waals surface area contributed by atoms with E-state index in [1.807, 2.05) is 12.1 Å². The lowest BCUT2D eigenvalue weighted by Crippen LogP contribution is -2.10. The number of benzene rings is 1. The topological polar surface area (TPSA) is 29.1 Å². The fourth-order valence-corrected chi connectivity index (χ4v) is 1.69. The number of carbonyl (C=O) groups is 1. The lowest BCUT2D eigenvalue weighted by molar-refractivity contribution is -0.116. The highest BCUT2D eigenvalue weighted by atomic mass is 16.1. The van der Waals surface area contributed by atoms with Crippen LogP contribution in [0.3, 0.4) is 0 Å². The third kappa shape index (κ3) is 4.59. The largest absolute Gasteiger partial charge is 0.326 e. The quantitative estimate of drug-likeness (QED) is 0.778. The van der Waals surface area contributed by atoms with E-state index in [1.54, 1.807) is 0 Å². The summed E-state index contributed by atoms with van der Waals surface area (Å²) in [7, 11) is 0. The molecule has 2 nitrogen and oxygen atoms in total. The molecule has 1 unspecified atom stereocenters. The molecule has 0 radical (unpaired) electrons. The highest BCUT2D eigenvalue weighted by Gasteiger charge is 2.04. The summed E-state index contributed by atoms with van der Waals surface area (Å²) in [6.45, 7) is 6.49. The first kappa shape index (κ1) is 13.8. The van der Waals surface area contributed by atoms with Crippen molar-refractivity contribution in [3.05, 3.63) is 29.8 Å². The molecular weight excluding hydrogens is 210 g/mol. The third-order valence-corrected chi connectivity index (χ3v) is 3.13. The van der Waals surface area contributed by atoms with Crippen molar-refractivity contribution < 1.29 is 4.79 Å². The first-order valence-electron chi connectivity index (χ1n) is 6.57. The molecule has 0 aliphatic heterocycles. The molecule has 1 aromatic rings. The molecule has 0 aromatic heterocycles. The van der Waals surface area contributed by atoms with Crippen LogP contribution < -0.4 is 5.32 Å². The van der Waals surface area contributed by atoms with E-state index in [0.29, 0.717) is 12.3 Å². The van der Waals surface area contributed by atoms with E-state index in [1.165, 1.54) is 5.56 Å². The Hall–Kier alpha value is -1.31. The lowest BCUT2D eigenvalue weighted by atomic mass is 9.99. The molecule has 0 heterocycles. The third-order valence-electron chi connectivity index (χ3n) is 3.13. The van der Waals surface area contributed by atoms with Gasteiger partial charge in [-0.2, -0.15) is 0 Å². The summed E-state index contributed by atoms with van der Waals surface area (Å²) >= 11 is 0. The molecule has 1 rings (SSSR count). The van der Waals surface area contributed by atoms with Crippen LogP contribution in [0.25, 0.3) is 0 Å². The van der Waals surface area contributed by atoms with Crippen molar-refractivity contribution >= 4 is 11.6 Å². The summed E-state index contributed by atoms with van der Waals surface area (Å²) in [5.41, 5.74) is 2.23. The minimum Gasteiger partial charge on any atom is -0.326 e. The SMILES string of the molecule is CCCCC(=O)Nc1ccc(C(C)CC)cc1. The fourth-order valence-electron chi connectivity index (χ4n) is 1.69. The van der Waals surface area contributed by atoms with Crippen LogP contribution in [-0.4, -0.2) is 5.91 Å². The zero-order valence-electron chi connectivity index (χ0n) is 11.1. The summed E-state index contributed by atoms with van der Waals surface area (Å²) in [6.07, 6.45) is 3.77. The number of hydrogen-bond acceptors (Lipinski definition) is 1. The second-order valence-corrected chi connectivity index (χ2v) is 4.58. The molecule has 17 heavy (non-hydrogen) atoms. The van der Waals surface area contributed by atoms with E-state index in [9.17, 15) is 4.79 Å². The minimum atomic E-state index is 0.114. The van der Waals surface area contributed by atoms with Crippen molar-refractivity contribution in [3.63, 3.8) is 0 Å². The van der Waals surface area contributed by atoms with E-state index < -0.39 is 0 Å². The molecule has 0 bridgehead atoms. The van der Waals surface area contributed by atoms with E-state index in [-0.39, 0.29) is 5.91 Å². The van der Waals surface area contributed by atoms with Crippen LogP contribution in [0.1, 0.15) is 57.9 Å². The van der Waals surface area contributed by atoms with Gasteiger partial charge in [-0.05, 0) is 36.5 Å². The highest BCUT2D eigenvalue weighted by Crippen LogP contribution is 2.20. The highest BCUT2D eigenvalue weighted by molar-refractivity contribution is 5.90. The average Bonchev–Trinajstić information content (AvgIpc) is 2.36. The lowest BCUT2D eigenvalue weighted by Gasteiger charge is -2.10. The minimum absolute atomic E-state index is 0.114. The molecule has 1 aromatic carbocycles. The van der Waals surface area contributed by atoms with Crippen molar-refractivity contribution in [1.29, 1.82) is 0 Å². The van der Waals surface area contributed by atoms with Gasteiger partial charge in [-0.15, -0.1) is 0 Å². The first-order chi connectivity index (χ1) is 8.17. The Labute approximate surface area is 104 Å². The number of carbonyl (C=O) groups excluding carboxylic acids is 1. The van der Waals surface area contributed by atoms with Crippen LogP contribution in [0, 0.1) is 0 Å². The number of anilines is 1. The van der Waals surface area contributed by atoms with Gasteiger partial charge in [0.1, 0.15) is 0 Å². The Morgan fingerprint density at radius 2 is 1.88 bits per heavy atom. The van der Waals surface area contributed by atoms with Gasteiger partial charge in [0, 0.05) is 12.1 Å². The molecule has 0 spiro atoms. The van der Waals surface area contributed by atoms with Crippen LogP contribution in [0.15, 0.2) is 24.3 Å². The molecular formula is C15H23NO. The first-order valence-corrected chi connectivity index (χ1v) is 6.57. The smallest absolute Gasteiger partial charge is 0.224 e. The summed E-state index contributed by atoms with van der Waals surface area (Å²) < 4.78 is 0. The van der Waals surface area contributed by atoms with Crippen molar-refractivity contribution in [1.82, 2.24) is 0 Å². The Morgan fingerprint density at radius 1 is 1.24 bits per heavy atom. The Balaban J connectivity index is 2.53. The molecule has 0 fully saturated rings. The predicted molar refractivity (Wildman–Crippen MR) is 73.3 cm³/mol. The molecule has 0 saturated heterocycles. The summed E-state index contributed by atoms with van der Waals surface area (Å²) in [4.78, 5) is 11.5. The van der Waals surface area contributed by atoms with Gasteiger partial charge in [-0.3, -0.25) is 4.79 Å². The maximum absolute atomic E-state index is 11.5. The van der Waals surface area contributed by atoms with Crippen LogP contribution in [0.2, 0.25) is 0 Å². The fraction of sp³-hybridized carbons (Fsp3) is 0.533. The normalized spacial score (nSPS) is 12.2. The van der Waals surface area contributed by atoms with Crippen molar-refractivity contribution in [2.45, 2.75) is 52.4 Å². The number of nitrogens with one attached hydrogen (secondary N) is 1. The molecule has 1 N–H and O–H groups in total. The molecule has 94 valence electrons. The van der Waals surface area contributed by atoms with Crippen LogP contribution in [0.4, 0.5) is 5.69 Å². The van der Waals surface area contributed by atoms with Gasteiger partial charge in [-0.25, -0.2) is 0 Å². The van der Waals surface area contributed by atoms with E-state index in [2.05, 4.69) is 38.2 Å². The maximum atomic E-state index is 11.5. The number of hydrogen-bond donors (Lipinski definition) is 1. The molecule has 0 saturated carbocycles. The number of rotatable bonds is 6. The zero-order valence-corrected chi connectivity index (χ0v) is 11.1. The Bertz CT molecular complexity index is 342. The predicted octanol–water partition coefficient (Wildman–Crippen LogP) is 4.33. The zero-order chi connectivity index (χ0) is 12.7. The Morgan fingerprint density at radius 3 is 2.41 bits per heavy atom. The van der Waals surface area contributed by atoms with Gasteiger partial charge in [0.2, 0.25) is 5.91 Å². The second kappa shape index (κ2) is 7.10. The summed E-state index contributed by atoms with van der Waals surface area (Å²) in [5, 5.41) is 2.92. The van der Waals surface area contributed by atoms with Gasteiger partial charge in [0.15, 0.2) is 0 Å². The van der Waals surface area contributed by atoms with Crippen molar-refractivity contribution in [3.8, 4) is 0 Å².